The van der Waals surface area contributed by atoms with E-state index in [9.17, 15) is 9.59 Å². The minimum atomic E-state index is -0.468. The van der Waals surface area contributed by atoms with Gasteiger partial charge in [0.05, 0.1) is 12.7 Å². The van der Waals surface area contributed by atoms with Crippen molar-refractivity contribution in [2.24, 2.45) is 0 Å². The maximum absolute atomic E-state index is 12.5. The summed E-state index contributed by atoms with van der Waals surface area (Å²) >= 11 is 5.26. The van der Waals surface area contributed by atoms with E-state index in [1.807, 2.05) is 31.2 Å². The fourth-order valence-electron chi connectivity index (χ4n) is 2.65. The zero-order valence-corrected chi connectivity index (χ0v) is 15.7. The lowest BCUT2D eigenvalue weighted by molar-refractivity contribution is -0.116. The Balaban J connectivity index is 1.80. The van der Waals surface area contributed by atoms with Gasteiger partial charge in [-0.25, -0.2) is 4.79 Å². The number of carbonyl (C=O) groups excluding carboxylic acids is 2. The van der Waals surface area contributed by atoms with Gasteiger partial charge in [-0.3, -0.25) is 14.5 Å². The van der Waals surface area contributed by atoms with Crippen molar-refractivity contribution >= 4 is 29.8 Å². The van der Waals surface area contributed by atoms with E-state index in [0.717, 1.165) is 11.1 Å². The number of H-pyrrole nitrogens is 1. The molecule has 0 saturated carbocycles. The van der Waals surface area contributed by atoms with E-state index in [2.05, 4.69) is 20.3 Å². The molecule has 1 aromatic heterocycles. The zero-order valence-electron chi connectivity index (χ0n) is 14.9. The Hall–Kier alpha value is -3.26. The molecule has 3 aromatic rings. The van der Waals surface area contributed by atoms with Gasteiger partial charge in [0.25, 0.3) is 0 Å². The Morgan fingerprint density at radius 2 is 2.00 bits per heavy atom. The van der Waals surface area contributed by atoms with E-state index in [1.54, 1.807) is 28.8 Å². The molecule has 0 saturated heterocycles. The SMILES string of the molecule is COC(=O)c1cccc(NC(=O)Cn2c(-c3cccc(C)c3)n[nH]c2=S)c1. The molecule has 7 nitrogen and oxygen atoms in total. The first-order valence-electron chi connectivity index (χ1n) is 8.18. The molecule has 1 heterocycles. The van der Waals surface area contributed by atoms with Crippen molar-refractivity contribution in [3.8, 4) is 11.4 Å². The van der Waals surface area contributed by atoms with Gasteiger partial charge in [-0.2, -0.15) is 5.10 Å². The highest BCUT2D eigenvalue weighted by Crippen LogP contribution is 2.19. The first-order chi connectivity index (χ1) is 13.0. The van der Waals surface area contributed by atoms with Crippen LogP contribution < -0.4 is 5.32 Å². The van der Waals surface area contributed by atoms with Crippen LogP contribution in [0.2, 0.25) is 0 Å². The minimum Gasteiger partial charge on any atom is -0.465 e. The number of nitrogens with one attached hydrogen (secondary N) is 2. The summed E-state index contributed by atoms with van der Waals surface area (Å²) < 4.78 is 6.67. The Bertz CT molecular complexity index is 1050. The number of carbonyl (C=O) groups is 2. The van der Waals surface area contributed by atoms with Crippen LogP contribution in [0.5, 0.6) is 0 Å². The van der Waals surface area contributed by atoms with Crippen molar-refractivity contribution in [1.29, 1.82) is 0 Å². The van der Waals surface area contributed by atoms with Crippen LogP contribution in [0.3, 0.4) is 0 Å². The average molecular weight is 382 g/mol. The summed E-state index contributed by atoms with van der Waals surface area (Å²) in [6.07, 6.45) is 0. The molecule has 27 heavy (non-hydrogen) atoms. The van der Waals surface area contributed by atoms with Crippen LogP contribution in [0.25, 0.3) is 11.4 Å². The fourth-order valence-corrected chi connectivity index (χ4v) is 2.85. The third kappa shape index (κ3) is 4.29. The number of hydrogen-bond acceptors (Lipinski definition) is 5. The van der Waals surface area contributed by atoms with E-state index < -0.39 is 5.97 Å². The number of benzene rings is 2. The quantitative estimate of drug-likeness (QED) is 0.522. The molecule has 0 bridgehead atoms. The normalized spacial score (nSPS) is 10.4. The maximum Gasteiger partial charge on any atom is 0.337 e. The number of methoxy groups -OCH3 is 1. The van der Waals surface area contributed by atoms with Crippen molar-refractivity contribution in [2.75, 3.05) is 12.4 Å². The summed E-state index contributed by atoms with van der Waals surface area (Å²) in [5.74, 6) is -0.171. The summed E-state index contributed by atoms with van der Waals surface area (Å²) in [6.45, 7) is 1.97. The number of nitrogens with zero attached hydrogens (tertiary/aromatic N) is 2. The summed E-state index contributed by atoms with van der Waals surface area (Å²) in [4.78, 5) is 24.1. The molecule has 0 aliphatic carbocycles. The molecular formula is C19H18N4O3S. The monoisotopic (exact) mass is 382 g/mol. The number of hydrogen-bond donors (Lipinski definition) is 2. The lowest BCUT2D eigenvalue weighted by atomic mass is 10.1. The third-order valence-corrected chi connectivity index (χ3v) is 4.22. The molecule has 2 N–H and O–H groups in total. The maximum atomic E-state index is 12.5. The van der Waals surface area contributed by atoms with Crippen LogP contribution in [0.1, 0.15) is 15.9 Å². The van der Waals surface area contributed by atoms with Crippen molar-refractivity contribution in [2.45, 2.75) is 13.5 Å². The highest BCUT2D eigenvalue weighted by Gasteiger charge is 2.13. The number of aromatic amines is 1. The lowest BCUT2D eigenvalue weighted by Gasteiger charge is -2.09. The summed E-state index contributed by atoms with van der Waals surface area (Å²) in [6, 6.07) is 14.3. The van der Waals surface area contributed by atoms with Crippen LogP contribution in [-0.4, -0.2) is 33.8 Å². The molecule has 0 fully saturated rings. The van der Waals surface area contributed by atoms with Crippen LogP contribution in [0, 0.1) is 11.7 Å². The predicted octanol–water partition coefficient (Wildman–Crippen LogP) is 3.34. The highest BCUT2D eigenvalue weighted by atomic mass is 32.1. The number of aryl methyl sites for hydroxylation is 1. The second-order valence-corrected chi connectivity index (χ2v) is 6.32. The lowest BCUT2D eigenvalue weighted by Crippen LogP contribution is -2.19. The summed E-state index contributed by atoms with van der Waals surface area (Å²) in [5, 5.41) is 9.73. The highest BCUT2D eigenvalue weighted by molar-refractivity contribution is 7.71. The van der Waals surface area contributed by atoms with Gasteiger partial charge in [0.1, 0.15) is 6.54 Å². The smallest absolute Gasteiger partial charge is 0.337 e. The third-order valence-electron chi connectivity index (χ3n) is 3.90. The first-order valence-corrected chi connectivity index (χ1v) is 8.59. The van der Waals surface area contributed by atoms with E-state index in [0.29, 0.717) is 21.8 Å². The van der Waals surface area contributed by atoms with Crippen molar-refractivity contribution in [3.05, 3.63) is 64.4 Å². The standard InChI is InChI=1S/C19H18N4O3S/c1-12-5-3-6-13(9-12)17-21-22-19(27)23(17)11-16(24)20-15-8-4-7-14(10-15)18(25)26-2/h3-10H,11H2,1-2H3,(H,20,24)(H,22,27). The molecule has 0 aliphatic rings. The molecular weight excluding hydrogens is 364 g/mol. The minimum absolute atomic E-state index is 0.0128. The first kappa shape index (κ1) is 18.5. The van der Waals surface area contributed by atoms with Gasteiger partial charge >= 0.3 is 5.97 Å². The Morgan fingerprint density at radius 3 is 2.74 bits per heavy atom. The van der Waals surface area contributed by atoms with Crippen LogP contribution in [0.4, 0.5) is 5.69 Å². The number of anilines is 1. The van der Waals surface area contributed by atoms with Gasteiger partial charge in [-0.1, -0.05) is 29.8 Å². The largest absolute Gasteiger partial charge is 0.465 e. The Kier molecular flexibility index (Phi) is 5.46. The van der Waals surface area contributed by atoms with Gasteiger partial charge < -0.3 is 10.1 Å². The van der Waals surface area contributed by atoms with Crippen LogP contribution in [-0.2, 0) is 16.1 Å². The zero-order chi connectivity index (χ0) is 19.4. The number of aromatic nitrogens is 3. The molecule has 8 heteroatoms. The Morgan fingerprint density at radius 1 is 1.22 bits per heavy atom. The number of amides is 1. The molecule has 3 rings (SSSR count). The average Bonchev–Trinajstić information content (AvgIpc) is 3.01. The van der Waals surface area contributed by atoms with Gasteiger partial charge in [0.2, 0.25) is 5.91 Å². The summed E-state index contributed by atoms with van der Waals surface area (Å²) in [7, 11) is 1.31. The van der Waals surface area contributed by atoms with Gasteiger partial charge in [0, 0.05) is 11.3 Å². The molecule has 0 unspecified atom stereocenters. The van der Waals surface area contributed by atoms with Crippen molar-refractivity contribution in [1.82, 2.24) is 14.8 Å². The Labute approximate surface area is 161 Å². The van der Waals surface area contributed by atoms with E-state index in [1.165, 1.54) is 7.11 Å². The number of rotatable bonds is 5. The van der Waals surface area contributed by atoms with Gasteiger partial charge in [-0.05, 0) is 43.4 Å². The molecule has 1 amide bonds. The second kappa shape index (κ2) is 7.96. The summed E-state index contributed by atoms with van der Waals surface area (Å²) in [5.41, 5.74) is 2.80. The van der Waals surface area contributed by atoms with E-state index >= 15 is 0 Å². The molecule has 0 atom stereocenters. The number of esters is 1. The molecule has 0 radical (unpaired) electrons. The fraction of sp³-hybridized carbons (Fsp3) is 0.158. The van der Waals surface area contributed by atoms with E-state index in [4.69, 9.17) is 12.2 Å². The topological polar surface area (TPSA) is 89.0 Å². The van der Waals surface area contributed by atoms with E-state index in [-0.39, 0.29) is 12.5 Å². The molecule has 138 valence electrons. The van der Waals surface area contributed by atoms with Gasteiger partial charge in [-0.15, -0.1) is 0 Å². The van der Waals surface area contributed by atoms with Crippen molar-refractivity contribution < 1.29 is 14.3 Å². The molecule has 0 aliphatic heterocycles. The molecule has 0 spiro atoms. The van der Waals surface area contributed by atoms with Crippen LogP contribution in [0.15, 0.2) is 48.5 Å². The van der Waals surface area contributed by atoms with Crippen molar-refractivity contribution in [3.63, 3.8) is 0 Å². The number of ether oxygens (including phenoxy) is 1. The second-order valence-electron chi connectivity index (χ2n) is 5.93. The predicted molar refractivity (Wildman–Crippen MR) is 104 cm³/mol. The molecule has 2 aromatic carbocycles. The van der Waals surface area contributed by atoms with Crippen LogP contribution >= 0.6 is 12.2 Å². The van der Waals surface area contributed by atoms with Gasteiger partial charge in [0.15, 0.2) is 10.6 Å².